The first kappa shape index (κ1) is 16.9. The van der Waals surface area contributed by atoms with Gasteiger partial charge in [0.2, 0.25) is 0 Å². The van der Waals surface area contributed by atoms with Gasteiger partial charge >= 0.3 is 0 Å². The van der Waals surface area contributed by atoms with Gasteiger partial charge in [-0.1, -0.05) is 12.5 Å². The fourth-order valence-corrected chi connectivity index (χ4v) is 3.74. The first-order chi connectivity index (χ1) is 12.7. The molecule has 0 bridgehead atoms. The third-order valence-electron chi connectivity index (χ3n) is 5.07. The molecule has 1 aromatic carbocycles. The van der Waals surface area contributed by atoms with Gasteiger partial charge in [0.15, 0.2) is 0 Å². The van der Waals surface area contributed by atoms with E-state index in [1.54, 1.807) is 12.1 Å². The summed E-state index contributed by atoms with van der Waals surface area (Å²) in [6.45, 7) is 2.01. The Morgan fingerprint density at radius 2 is 1.92 bits per heavy atom. The Morgan fingerprint density at radius 3 is 2.62 bits per heavy atom. The lowest BCUT2D eigenvalue weighted by Gasteiger charge is -2.35. The quantitative estimate of drug-likeness (QED) is 0.701. The Morgan fingerprint density at radius 1 is 1.08 bits per heavy atom. The Bertz CT molecular complexity index is 854. The second-order valence-electron chi connectivity index (χ2n) is 6.99. The summed E-state index contributed by atoms with van der Waals surface area (Å²) in [5.74, 6) is -0.224. The Balaban J connectivity index is 1.53. The van der Waals surface area contributed by atoms with Gasteiger partial charge < -0.3 is 0 Å². The highest BCUT2D eigenvalue weighted by Crippen LogP contribution is 2.32. The molecule has 26 heavy (non-hydrogen) atoms. The van der Waals surface area contributed by atoms with Crippen LogP contribution in [0.25, 0.3) is 11.3 Å². The van der Waals surface area contributed by atoms with E-state index >= 15 is 0 Å². The number of aryl methyl sites for hydroxylation is 1. The molecule has 0 saturated carbocycles. The first-order valence-electron chi connectivity index (χ1n) is 9.12. The molecule has 134 valence electrons. The second kappa shape index (κ2) is 7.38. The van der Waals surface area contributed by atoms with E-state index in [2.05, 4.69) is 27.2 Å². The van der Waals surface area contributed by atoms with Gasteiger partial charge in [0.05, 0.1) is 11.9 Å². The molecule has 0 radical (unpaired) electrons. The molecule has 1 aliphatic rings. The van der Waals surface area contributed by atoms with E-state index in [-0.39, 0.29) is 5.82 Å². The summed E-state index contributed by atoms with van der Waals surface area (Å²) in [6.07, 6.45) is 9.64. The summed E-state index contributed by atoms with van der Waals surface area (Å²) in [5, 5.41) is 4.28. The molecule has 0 amide bonds. The highest BCUT2D eigenvalue weighted by molar-refractivity contribution is 5.58. The van der Waals surface area contributed by atoms with E-state index in [1.165, 1.54) is 36.1 Å². The third kappa shape index (κ3) is 3.68. The first-order valence-corrected chi connectivity index (χ1v) is 9.12. The van der Waals surface area contributed by atoms with Crippen molar-refractivity contribution in [2.45, 2.75) is 31.8 Å². The van der Waals surface area contributed by atoms with Gasteiger partial charge in [0, 0.05) is 43.2 Å². The van der Waals surface area contributed by atoms with E-state index in [0.29, 0.717) is 6.04 Å². The van der Waals surface area contributed by atoms with Crippen molar-refractivity contribution in [3.8, 4) is 11.3 Å². The van der Waals surface area contributed by atoms with Crippen molar-refractivity contribution < 1.29 is 4.39 Å². The molecule has 1 atom stereocenters. The maximum absolute atomic E-state index is 13.1. The Kier molecular flexibility index (Phi) is 4.80. The second-order valence-corrected chi connectivity index (χ2v) is 6.99. The lowest BCUT2D eigenvalue weighted by atomic mass is 9.95. The standard InChI is InChI=1S/C21H23FN4/c1-25-14-16(12-24-25)15-26-11-3-2-4-21(26)18-7-10-20(23-13-18)17-5-8-19(22)9-6-17/h5-10,12-14,21H,2-4,11,15H2,1H3/t21-/m0/s1. The number of benzene rings is 1. The van der Waals surface area contributed by atoms with E-state index < -0.39 is 0 Å². The molecular weight excluding hydrogens is 327 g/mol. The van der Waals surface area contributed by atoms with Crippen molar-refractivity contribution in [3.05, 3.63) is 71.9 Å². The molecule has 1 saturated heterocycles. The molecule has 1 aliphatic heterocycles. The summed E-state index contributed by atoms with van der Waals surface area (Å²) < 4.78 is 15.0. The van der Waals surface area contributed by atoms with Crippen molar-refractivity contribution in [2.24, 2.45) is 7.05 Å². The average Bonchev–Trinajstić information content (AvgIpc) is 3.08. The van der Waals surface area contributed by atoms with Crippen molar-refractivity contribution in [3.63, 3.8) is 0 Å². The third-order valence-corrected chi connectivity index (χ3v) is 5.07. The molecule has 5 heteroatoms. The van der Waals surface area contributed by atoms with Gasteiger partial charge in [-0.2, -0.15) is 5.10 Å². The Labute approximate surface area is 153 Å². The maximum Gasteiger partial charge on any atom is 0.123 e. The molecule has 0 unspecified atom stereocenters. The molecule has 3 heterocycles. The number of aromatic nitrogens is 3. The molecule has 0 spiro atoms. The number of nitrogens with zero attached hydrogens (tertiary/aromatic N) is 4. The van der Waals surface area contributed by atoms with Crippen LogP contribution in [0.1, 0.15) is 36.4 Å². The molecule has 4 rings (SSSR count). The summed E-state index contributed by atoms with van der Waals surface area (Å²) in [7, 11) is 1.95. The topological polar surface area (TPSA) is 34.0 Å². The zero-order valence-electron chi connectivity index (χ0n) is 15.0. The minimum Gasteiger partial charge on any atom is -0.292 e. The number of hydrogen-bond acceptors (Lipinski definition) is 3. The number of rotatable bonds is 4. The van der Waals surface area contributed by atoms with E-state index in [4.69, 9.17) is 0 Å². The lowest BCUT2D eigenvalue weighted by molar-refractivity contribution is 0.140. The predicted molar refractivity (Wildman–Crippen MR) is 99.8 cm³/mol. The number of piperidine rings is 1. The molecule has 4 nitrogen and oxygen atoms in total. The van der Waals surface area contributed by atoms with Crippen molar-refractivity contribution in [1.29, 1.82) is 0 Å². The lowest BCUT2D eigenvalue weighted by Crippen LogP contribution is -2.32. The smallest absolute Gasteiger partial charge is 0.123 e. The zero-order chi connectivity index (χ0) is 17.9. The predicted octanol–water partition coefficient (Wildman–Crippen LogP) is 4.35. The number of likely N-dealkylation sites (tertiary alicyclic amines) is 1. The number of hydrogen-bond donors (Lipinski definition) is 0. The van der Waals surface area contributed by atoms with Crippen LogP contribution in [0.4, 0.5) is 4.39 Å². The van der Waals surface area contributed by atoms with Crippen LogP contribution in [0.15, 0.2) is 55.0 Å². The van der Waals surface area contributed by atoms with Gasteiger partial charge in [-0.15, -0.1) is 0 Å². The highest BCUT2D eigenvalue weighted by Gasteiger charge is 2.24. The minimum atomic E-state index is -0.224. The molecule has 0 N–H and O–H groups in total. The van der Waals surface area contributed by atoms with Crippen molar-refractivity contribution in [1.82, 2.24) is 19.7 Å². The fraction of sp³-hybridized carbons (Fsp3) is 0.333. The van der Waals surface area contributed by atoms with Crippen LogP contribution < -0.4 is 0 Å². The van der Waals surface area contributed by atoms with E-state index in [9.17, 15) is 4.39 Å². The van der Waals surface area contributed by atoms with Gasteiger partial charge in [-0.3, -0.25) is 14.6 Å². The largest absolute Gasteiger partial charge is 0.292 e. The summed E-state index contributed by atoms with van der Waals surface area (Å²) >= 11 is 0. The van der Waals surface area contributed by atoms with Crippen LogP contribution in [-0.2, 0) is 13.6 Å². The van der Waals surface area contributed by atoms with E-state index in [0.717, 1.165) is 30.8 Å². The van der Waals surface area contributed by atoms with Crippen LogP contribution >= 0.6 is 0 Å². The van der Waals surface area contributed by atoms with Crippen LogP contribution in [-0.4, -0.2) is 26.2 Å². The van der Waals surface area contributed by atoms with Gasteiger partial charge in [0.1, 0.15) is 5.82 Å². The van der Waals surface area contributed by atoms with Crippen molar-refractivity contribution in [2.75, 3.05) is 6.54 Å². The zero-order valence-corrected chi connectivity index (χ0v) is 15.0. The summed E-state index contributed by atoms with van der Waals surface area (Å²) in [5.41, 5.74) is 4.31. The minimum absolute atomic E-state index is 0.224. The molecule has 1 fully saturated rings. The molecular formula is C21H23FN4. The van der Waals surface area contributed by atoms with Gasteiger partial charge in [-0.25, -0.2) is 4.39 Å². The molecule has 3 aromatic rings. The van der Waals surface area contributed by atoms with Crippen LogP contribution in [0.5, 0.6) is 0 Å². The van der Waals surface area contributed by atoms with E-state index in [1.807, 2.05) is 30.2 Å². The van der Waals surface area contributed by atoms with Crippen molar-refractivity contribution >= 4 is 0 Å². The monoisotopic (exact) mass is 350 g/mol. The maximum atomic E-state index is 13.1. The Hall–Kier alpha value is -2.53. The SMILES string of the molecule is Cn1cc(CN2CCCC[C@H]2c2ccc(-c3ccc(F)cc3)nc2)cn1. The summed E-state index contributed by atoms with van der Waals surface area (Å²) in [4.78, 5) is 7.16. The normalized spacial score (nSPS) is 18.2. The summed E-state index contributed by atoms with van der Waals surface area (Å²) in [6, 6.07) is 11.1. The van der Waals surface area contributed by atoms with Crippen LogP contribution in [0, 0.1) is 5.82 Å². The number of halogens is 1. The highest BCUT2D eigenvalue weighted by atomic mass is 19.1. The van der Waals surface area contributed by atoms with Gasteiger partial charge in [-0.05, 0) is 55.3 Å². The fourth-order valence-electron chi connectivity index (χ4n) is 3.74. The number of pyridine rings is 1. The van der Waals surface area contributed by atoms with Crippen LogP contribution in [0.2, 0.25) is 0 Å². The molecule has 0 aliphatic carbocycles. The van der Waals surface area contributed by atoms with Gasteiger partial charge in [0.25, 0.3) is 0 Å². The molecule has 2 aromatic heterocycles. The average molecular weight is 350 g/mol. The van der Waals surface area contributed by atoms with Crippen LogP contribution in [0.3, 0.4) is 0 Å².